The fourth-order valence-electron chi connectivity index (χ4n) is 7.90. The molecule has 11 rings (SSSR count). The number of furan rings is 1. The molecule has 0 aliphatic rings. The van der Waals surface area contributed by atoms with Crippen molar-refractivity contribution in [3.8, 4) is 34.2 Å². The third-order valence-electron chi connectivity index (χ3n) is 10.1. The average Bonchev–Trinajstić information content (AvgIpc) is 3.85. The normalized spacial score (nSPS) is 11.9. The Morgan fingerprint density at radius 3 is 1.71 bits per heavy atom. The topological polar surface area (TPSA) is 48.8 Å². The van der Waals surface area contributed by atoms with Crippen LogP contribution in [0.5, 0.6) is 0 Å². The van der Waals surface area contributed by atoms with Crippen LogP contribution in [0.3, 0.4) is 0 Å². The SMILES string of the molecule is c1ccc(-c2cc(-c3ccccc3)nc(-n3c4ccccc4c4cc5c6c7c(ccc6n(-c6ccccc6)c5cc43)oc3ccccc37)n2)cc1. The van der Waals surface area contributed by atoms with Crippen molar-refractivity contribution in [3.63, 3.8) is 0 Å². The molecule has 0 radical (unpaired) electrons. The van der Waals surface area contributed by atoms with Crippen LogP contribution in [-0.4, -0.2) is 19.1 Å². The van der Waals surface area contributed by atoms with Crippen LogP contribution in [-0.2, 0) is 0 Å². The highest BCUT2D eigenvalue weighted by Crippen LogP contribution is 2.44. The summed E-state index contributed by atoms with van der Waals surface area (Å²) in [5, 5.41) is 6.90. The maximum Gasteiger partial charge on any atom is 0.235 e. The molecule has 0 atom stereocenters. The van der Waals surface area contributed by atoms with Gasteiger partial charge in [-0.25, -0.2) is 9.97 Å². The average molecular weight is 653 g/mol. The van der Waals surface area contributed by atoms with Gasteiger partial charge in [-0.3, -0.25) is 4.57 Å². The van der Waals surface area contributed by atoms with Gasteiger partial charge in [0.1, 0.15) is 11.2 Å². The third-order valence-corrected chi connectivity index (χ3v) is 10.1. The quantitative estimate of drug-likeness (QED) is 0.190. The largest absolute Gasteiger partial charge is 0.456 e. The Labute approximate surface area is 292 Å². The molecule has 0 amide bonds. The number of benzene rings is 7. The van der Waals surface area contributed by atoms with Crippen LogP contribution in [0.4, 0.5) is 0 Å². The zero-order valence-electron chi connectivity index (χ0n) is 27.4. The summed E-state index contributed by atoms with van der Waals surface area (Å²) in [6.07, 6.45) is 0. The molecule has 0 saturated carbocycles. The molecule has 0 aliphatic heterocycles. The molecule has 51 heavy (non-hydrogen) atoms. The van der Waals surface area contributed by atoms with Crippen molar-refractivity contribution in [2.45, 2.75) is 0 Å². The van der Waals surface area contributed by atoms with E-state index in [1.54, 1.807) is 0 Å². The maximum absolute atomic E-state index is 6.41. The highest BCUT2D eigenvalue weighted by molar-refractivity contribution is 6.29. The summed E-state index contributed by atoms with van der Waals surface area (Å²) in [5.41, 5.74) is 11.0. The van der Waals surface area contributed by atoms with E-state index in [1.165, 1.54) is 10.8 Å². The van der Waals surface area contributed by atoms with E-state index in [4.69, 9.17) is 14.4 Å². The fourth-order valence-corrected chi connectivity index (χ4v) is 7.90. The van der Waals surface area contributed by atoms with Gasteiger partial charge in [0, 0.05) is 49.1 Å². The molecule has 0 fully saturated rings. The van der Waals surface area contributed by atoms with Crippen LogP contribution >= 0.6 is 0 Å². The Hall–Kier alpha value is -6.98. The van der Waals surface area contributed by atoms with Crippen LogP contribution in [0.25, 0.3) is 99.7 Å². The smallest absolute Gasteiger partial charge is 0.235 e. The van der Waals surface area contributed by atoms with Crippen molar-refractivity contribution in [2.24, 2.45) is 0 Å². The standard InChI is InChI=1S/C46H28N4O/c1-4-14-29(15-5-1)36-27-37(30-16-6-2-7-17-30)48-46(47-36)50-38-22-12-10-20-32(38)34-26-35-41(28-40(34)50)49(31-18-8-3-9-19-31)39-24-25-43-45(44(35)39)33-21-11-13-23-42(33)51-43/h1-28H. The Kier molecular flexibility index (Phi) is 5.89. The first-order valence-corrected chi connectivity index (χ1v) is 17.2. The molecule has 0 bridgehead atoms. The number of hydrogen-bond donors (Lipinski definition) is 0. The zero-order chi connectivity index (χ0) is 33.5. The summed E-state index contributed by atoms with van der Waals surface area (Å²) >= 11 is 0. The van der Waals surface area contributed by atoms with E-state index in [9.17, 15) is 0 Å². The molecular formula is C46H28N4O. The summed E-state index contributed by atoms with van der Waals surface area (Å²) < 4.78 is 11.0. The number of para-hydroxylation sites is 3. The van der Waals surface area contributed by atoms with E-state index >= 15 is 0 Å². The second-order valence-electron chi connectivity index (χ2n) is 13.0. The number of fused-ring (bicyclic) bond motifs is 10. The molecule has 0 aliphatic carbocycles. The minimum atomic E-state index is 0.631. The summed E-state index contributed by atoms with van der Waals surface area (Å²) in [6, 6.07) is 59.3. The molecule has 4 aromatic heterocycles. The summed E-state index contributed by atoms with van der Waals surface area (Å²) in [4.78, 5) is 10.6. The number of aromatic nitrogens is 4. The van der Waals surface area contributed by atoms with Crippen LogP contribution in [0, 0.1) is 0 Å². The Morgan fingerprint density at radius 2 is 0.980 bits per heavy atom. The number of rotatable bonds is 4. The van der Waals surface area contributed by atoms with Crippen LogP contribution in [0.1, 0.15) is 0 Å². The van der Waals surface area contributed by atoms with Gasteiger partial charge in [0.15, 0.2) is 0 Å². The lowest BCUT2D eigenvalue weighted by atomic mass is 10.0. The van der Waals surface area contributed by atoms with Crippen molar-refractivity contribution >= 4 is 65.6 Å². The van der Waals surface area contributed by atoms with Crippen molar-refractivity contribution < 1.29 is 4.42 Å². The lowest BCUT2D eigenvalue weighted by Crippen LogP contribution is -2.04. The van der Waals surface area contributed by atoms with Gasteiger partial charge in [0.2, 0.25) is 5.95 Å². The summed E-state index contributed by atoms with van der Waals surface area (Å²) in [7, 11) is 0. The molecule has 0 N–H and O–H groups in total. The summed E-state index contributed by atoms with van der Waals surface area (Å²) in [5.74, 6) is 0.631. The van der Waals surface area contributed by atoms with E-state index in [0.717, 1.165) is 83.0 Å². The second kappa shape index (κ2) is 10.8. The van der Waals surface area contributed by atoms with Gasteiger partial charge in [0.25, 0.3) is 0 Å². The highest BCUT2D eigenvalue weighted by Gasteiger charge is 2.23. The van der Waals surface area contributed by atoms with E-state index < -0.39 is 0 Å². The predicted molar refractivity (Wildman–Crippen MR) is 209 cm³/mol. The van der Waals surface area contributed by atoms with Crippen molar-refractivity contribution in [1.29, 1.82) is 0 Å². The van der Waals surface area contributed by atoms with Gasteiger partial charge in [-0.05, 0) is 54.6 Å². The first-order chi connectivity index (χ1) is 25.3. The Balaban J connectivity index is 1.30. The molecule has 0 spiro atoms. The molecule has 0 saturated heterocycles. The van der Waals surface area contributed by atoms with Gasteiger partial charge in [-0.15, -0.1) is 0 Å². The van der Waals surface area contributed by atoms with Gasteiger partial charge < -0.3 is 8.98 Å². The zero-order valence-corrected chi connectivity index (χ0v) is 27.4. The van der Waals surface area contributed by atoms with E-state index in [2.05, 4.69) is 161 Å². The molecule has 5 nitrogen and oxygen atoms in total. The second-order valence-corrected chi connectivity index (χ2v) is 13.0. The van der Waals surface area contributed by atoms with E-state index in [0.29, 0.717) is 5.95 Å². The Bertz CT molecular complexity index is 3060. The lowest BCUT2D eigenvalue weighted by molar-refractivity contribution is 0.669. The molecular weight excluding hydrogens is 625 g/mol. The fraction of sp³-hybridized carbons (Fsp3) is 0. The molecule has 0 unspecified atom stereocenters. The van der Waals surface area contributed by atoms with Crippen molar-refractivity contribution in [1.82, 2.24) is 19.1 Å². The third kappa shape index (κ3) is 4.15. The lowest BCUT2D eigenvalue weighted by Gasteiger charge is -2.12. The van der Waals surface area contributed by atoms with Gasteiger partial charge >= 0.3 is 0 Å². The van der Waals surface area contributed by atoms with Crippen molar-refractivity contribution in [3.05, 3.63) is 170 Å². The first-order valence-electron chi connectivity index (χ1n) is 17.2. The minimum Gasteiger partial charge on any atom is -0.456 e. The van der Waals surface area contributed by atoms with E-state index in [-0.39, 0.29) is 0 Å². The maximum atomic E-state index is 6.41. The molecule has 5 heteroatoms. The number of hydrogen-bond acceptors (Lipinski definition) is 3. The van der Waals surface area contributed by atoms with Crippen LogP contribution in [0.15, 0.2) is 174 Å². The molecule has 4 heterocycles. The monoisotopic (exact) mass is 652 g/mol. The Morgan fingerprint density at radius 1 is 0.373 bits per heavy atom. The number of nitrogens with zero attached hydrogens (tertiary/aromatic N) is 4. The summed E-state index contributed by atoms with van der Waals surface area (Å²) in [6.45, 7) is 0. The van der Waals surface area contributed by atoms with E-state index in [1.807, 2.05) is 18.2 Å². The van der Waals surface area contributed by atoms with Crippen LogP contribution in [0.2, 0.25) is 0 Å². The predicted octanol–water partition coefficient (Wildman–Crippen LogP) is 11.9. The first kappa shape index (κ1) is 27.9. The molecule has 11 aromatic rings. The van der Waals surface area contributed by atoms with Gasteiger partial charge in [0.05, 0.1) is 33.5 Å². The van der Waals surface area contributed by atoms with Gasteiger partial charge in [-0.2, -0.15) is 0 Å². The highest BCUT2D eigenvalue weighted by atomic mass is 16.3. The minimum absolute atomic E-state index is 0.631. The van der Waals surface area contributed by atoms with Crippen molar-refractivity contribution in [2.75, 3.05) is 0 Å². The molecule has 7 aromatic carbocycles. The molecule has 238 valence electrons. The van der Waals surface area contributed by atoms with Gasteiger partial charge in [-0.1, -0.05) is 115 Å². The van der Waals surface area contributed by atoms with Crippen LogP contribution < -0.4 is 0 Å².